The highest BCUT2D eigenvalue weighted by molar-refractivity contribution is 6.31. The Morgan fingerprint density at radius 1 is 1.03 bits per heavy atom. The summed E-state index contributed by atoms with van der Waals surface area (Å²) in [6.45, 7) is 4.38. The molecule has 0 aliphatic heterocycles. The Morgan fingerprint density at radius 2 is 1.73 bits per heavy atom. The normalized spacial score (nSPS) is 11.3. The fourth-order valence-corrected chi connectivity index (χ4v) is 3.99. The van der Waals surface area contributed by atoms with Gasteiger partial charge >= 0.3 is 0 Å². The molecule has 0 aliphatic carbocycles. The summed E-state index contributed by atoms with van der Waals surface area (Å²) in [7, 11) is 0. The maximum absolute atomic E-state index is 14.2. The zero-order valence-electron chi connectivity index (χ0n) is 18.3. The average molecular weight is 457 g/mol. The maximum Gasteiger partial charge on any atom is 0.131 e. The number of ether oxygens (including phenoxy) is 1. The summed E-state index contributed by atoms with van der Waals surface area (Å²) in [6, 6.07) is 25.8. The molecule has 0 saturated heterocycles. The number of allylic oxidation sites excluding steroid dienone is 1. The van der Waals surface area contributed by atoms with Gasteiger partial charge in [0.15, 0.2) is 0 Å². The SMILES string of the molecule is Cc1cc(C=C(C#N)c2ccccc2F)c(C)n1-c1ccc(OCc2ccccc2Cl)cc1. The van der Waals surface area contributed by atoms with Gasteiger partial charge < -0.3 is 9.30 Å². The Labute approximate surface area is 197 Å². The zero-order chi connectivity index (χ0) is 23.4. The van der Waals surface area contributed by atoms with Gasteiger partial charge in [-0.1, -0.05) is 48.0 Å². The van der Waals surface area contributed by atoms with E-state index < -0.39 is 5.82 Å². The van der Waals surface area contributed by atoms with Gasteiger partial charge in [-0.3, -0.25) is 0 Å². The third-order valence-electron chi connectivity index (χ3n) is 5.50. The quantitative estimate of drug-likeness (QED) is 0.281. The molecule has 33 heavy (non-hydrogen) atoms. The molecule has 0 bridgehead atoms. The van der Waals surface area contributed by atoms with E-state index in [9.17, 15) is 9.65 Å². The molecule has 0 aliphatic rings. The minimum absolute atomic E-state index is 0.289. The van der Waals surface area contributed by atoms with E-state index in [1.54, 1.807) is 24.3 Å². The van der Waals surface area contributed by atoms with Crippen LogP contribution in [-0.4, -0.2) is 4.57 Å². The smallest absolute Gasteiger partial charge is 0.131 e. The molecule has 1 aromatic heterocycles. The number of hydrogen-bond donors (Lipinski definition) is 0. The lowest BCUT2D eigenvalue weighted by Gasteiger charge is -2.12. The molecule has 0 atom stereocenters. The van der Waals surface area contributed by atoms with Crippen LogP contribution in [0.3, 0.4) is 0 Å². The van der Waals surface area contributed by atoms with Gasteiger partial charge in [0.05, 0.1) is 11.6 Å². The number of aryl methyl sites for hydroxylation is 1. The van der Waals surface area contributed by atoms with Crippen molar-refractivity contribution in [1.29, 1.82) is 5.26 Å². The third-order valence-corrected chi connectivity index (χ3v) is 5.87. The Morgan fingerprint density at radius 3 is 2.42 bits per heavy atom. The van der Waals surface area contributed by atoms with Crippen LogP contribution in [0.4, 0.5) is 4.39 Å². The fourth-order valence-electron chi connectivity index (χ4n) is 3.80. The van der Waals surface area contributed by atoms with Crippen molar-refractivity contribution in [2.24, 2.45) is 0 Å². The molecule has 0 radical (unpaired) electrons. The average Bonchev–Trinajstić information content (AvgIpc) is 3.10. The van der Waals surface area contributed by atoms with Crippen molar-refractivity contribution >= 4 is 23.3 Å². The lowest BCUT2D eigenvalue weighted by molar-refractivity contribution is 0.306. The molecule has 164 valence electrons. The van der Waals surface area contributed by atoms with Crippen LogP contribution in [0.1, 0.15) is 28.1 Å². The van der Waals surface area contributed by atoms with Crippen LogP contribution in [0.15, 0.2) is 78.9 Å². The molecule has 4 aromatic rings. The number of halogens is 2. The highest BCUT2D eigenvalue weighted by Crippen LogP contribution is 2.27. The van der Waals surface area contributed by atoms with Gasteiger partial charge in [0, 0.05) is 33.2 Å². The first kappa shape index (κ1) is 22.4. The Bertz CT molecular complexity index is 1360. The molecular formula is C28H22ClFN2O. The summed E-state index contributed by atoms with van der Waals surface area (Å²) >= 11 is 6.20. The van der Waals surface area contributed by atoms with Gasteiger partial charge in [-0.2, -0.15) is 5.26 Å². The van der Waals surface area contributed by atoms with Crippen molar-refractivity contribution in [3.05, 3.63) is 118 Å². The van der Waals surface area contributed by atoms with Crippen LogP contribution in [0.25, 0.3) is 17.3 Å². The van der Waals surface area contributed by atoms with E-state index in [4.69, 9.17) is 16.3 Å². The molecule has 5 heteroatoms. The van der Waals surface area contributed by atoms with E-state index in [1.807, 2.05) is 68.4 Å². The van der Waals surface area contributed by atoms with Crippen molar-refractivity contribution in [1.82, 2.24) is 4.57 Å². The molecule has 0 spiro atoms. The van der Waals surface area contributed by atoms with Crippen LogP contribution in [0.5, 0.6) is 5.75 Å². The number of nitrogens with zero attached hydrogens (tertiary/aromatic N) is 2. The minimum Gasteiger partial charge on any atom is -0.489 e. The number of benzene rings is 3. The Balaban J connectivity index is 1.59. The van der Waals surface area contributed by atoms with E-state index in [0.717, 1.165) is 34.0 Å². The van der Waals surface area contributed by atoms with E-state index >= 15 is 0 Å². The summed E-state index contributed by atoms with van der Waals surface area (Å²) < 4.78 is 22.2. The third kappa shape index (κ3) is 4.84. The van der Waals surface area contributed by atoms with Gasteiger partial charge in [0.1, 0.15) is 18.2 Å². The van der Waals surface area contributed by atoms with Gasteiger partial charge in [0.2, 0.25) is 0 Å². The molecule has 0 amide bonds. The van der Waals surface area contributed by atoms with Crippen molar-refractivity contribution in [2.75, 3.05) is 0 Å². The lowest BCUT2D eigenvalue weighted by Crippen LogP contribution is -2.00. The predicted octanol–water partition coefficient (Wildman–Crippen LogP) is 7.53. The number of rotatable bonds is 6. The van der Waals surface area contributed by atoms with Crippen LogP contribution in [0.2, 0.25) is 5.02 Å². The Hall–Kier alpha value is -3.81. The van der Waals surface area contributed by atoms with Crippen molar-refractivity contribution in [3.8, 4) is 17.5 Å². The summed E-state index contributed by atoms with van der Waals surface area (Å²) in [6.07, 6.45) is 1.73. The fraction of sp³-hybridized carbons (Fsp3) is 0.107. The summed E-state index contributed by atoms with van der Waals surface area (Å²) in [5.41, 5.74) is 5.32. The second-order valence-electron chi connectivity index (χ2n) is 7.69. The van der Waals surface area contributed by atoms with Gasteiger partial charge in [-0.15, -0.1) is 0 Å². The molecule has 0 N–H and O–H groups in total. The van der Waals surface area contributed by atoms with Crippen molar-refractivity contribution < 1.29 is 9.13 Å². The predicted molar refractivity (Wildman–Crippen MR) is 131 cm³/mol. The first-order chi connectivity index (χ1) is 16.0. The highest BCUT2D eigenvalue weighted by Gasteiger charge is 2.13. The molecule has 1 heterocycles. The standard InChI is InChI=1S/C28H22ClFN2O/c1-19-15-22(16-23(17-31)26-8-4-6-10-28(26)30)20(2)32(19)24-11-13-25(14-12-24)33-18-21-7-3-5-9-27(21)29/h3-16H,18H2,1-2H3. The van der Waals surface area contributed by atoms with E-state index in [2.05, 4.69) is 10.6 Å². The topological polar surface area (TPSA) is 38.0 Å². The van der Waals surface area contributed by atoms with Gasteiger partial charge in [-0.05, 0) is 68.0 Å². The van der Waals surface area contributed by atoms with E-state index in [-0.39, 0.29) is 5.57 Å². The summed E-state index contributed by atoms with van der Waals surface area (Å²) in [4.78, 5) is 0. The number of aromatic nitrogens is 1. The number of hydrogen-bond acceptors (Lipinski definition) is 2. The second kappa shape index (κ2) is 9.77. The van der Waals surface area contributed by atoms with E-state index in [1.165, 1.54) is 6.07 Å². The van der Waals surface area contributed by atoms with Crippen molar-refractivity contribution in [2.45, 2.75) is 20.5 Å². The van der Waals surface area contributed by atoms with Crippen LogP contribution in [0, 0.1) is 31.0 Å². The molecule has 3 aromatic carbocycles. The van der Waals surface area contributed by atoms with Gasteiger partial charge in [-0.25, -0.2) is 4.39 Å². The lowest BCUT2D eigenvalue weighted by atomic mass is 10.0. The molecule has 0 fully saturated rings. The molecule has 3 nitrogen and oxygen atoms in total. The summed E-state index contributed by atoms with van der Waals surface area (Å²) in [5, 5.41) is 10.3. The Kier molecular flexibility index (Phi) is 6.63. The second-order valence-corrected chi connectivity index (χ2v) is 8.09. The molecule has 4 rings (SSSR count). The zero-order valence-corrected chi connectivity index (χ0v) is 19.1. The minimum atomic E-state index is -0.411. The first-order valence-electron chi connectivity index (χ1n) is 10.5. The van der Waals surface area contributed by atoms with Gasteiger partial charge in [0.25, 0.3) is 0 Å². The largest absolute Gasteiger partial charge is 0.489 e. The maximum atomic E-state index is 14.2. The van der Waals surface area contributed by atoms with Crippen LogP contribution < -0.4 is 4.74 Å². The first-order valence-corrected chi connectivity index (χ1v) is 10.9. The highest BCUT2D eigenvalue weighted by atomic mass is 35.5. The molecule has 0 unspecified atom stereocenters. The van der Waals surface area contributed by atoms with Crippen molar-refractivity contribution in [3.63, 3.8) is 0 Å². The van der Waals surface area contributed by atoms with Crippen LogP contribution >= 0.6 is 11.6 Å². The van der Waals surface area contributed by atoms with E-state index in [0.29, 0.717) is 17.2 Å². The van der Waals surface area contributed by atoms with Crippen LogP contribution in [-0.2, 0) is 6.61 Å². The monoisotopic (exact) mass is 456 g/mol. The number of nitriles is 1. The summed E-state index contributed by atoms with van der Waals surface area (Å²) in [5.74, 6) is 0.332. The molecule has 0 saturated carbocycles. The molecular weight excluding hydrogens is 435 g/mol.